The summed E-state index contributed by atoms with van der Waals surface area (Å²) in [7, 11) is 1.39. The fourth-order valence-electron chi connectivity index (χ4n) is 1.58. The molecule has 0 saturated carbocycles. The van der Waals surface area contributed by atoms with Gasteiger partial charge in [0.05, 0.1) is 29.5 Å². The van der Waals surface area contributed by atoms with Gasteiger partial charge < -0.3 is 9.47 Å². The Morgan fingerprint density at radius 1 is 1.19 bits per heavy atom. The lowest BCUT2D eigenvalue weighted by Gasteiger charge is -2.11. The predicted octanol–water partition coefficient (Wildman–Crippen LogP) is 3.46. The van der Waals surface area contributed by atoms with Gasteiger partial charge in [0.1, 0.15) is 0 Å². The summed E-state index contributed by atoms with van der Waals surface area (Å²) in [5, 5.41) is 10.9. The lowest BCUT2D eigenvalue weighted by atomic mass is 10.3. The van der Waals surface area contributed by atoms with Crippen molar-refractivity contribution < 1.29 is 14.4 Å². The van der Waals surface area contributed by atoms with E-state index in [1.165, 1.54) is 25.3 Å². The number of hydrogen-bond acceptors (Lipinski definition) is 6. The van der Waals surface area contributed by atoms with Crippen LogP contribution >= 0.6 is 11.6 Å². The van der Waals surface area contributed by atoms with Gasteiger partial charge in [0, 0.05) is 6.07 Å². The molecule has 7 nitrogen and oxygen atoms in total. The van der Waals surface area contributed by atoms with Gasteiger partial charge in [-0.1, -0.05) is 11.6 Å². The van der Waals surface area contributed by atoms with Crippen molar-refractivity contribution in [2.45, 2.75) is 13.8 Å². The summed E-state index contributed by atoms with van der Waals surface area (Å²) in [5.41, 5.74) is 1.27. The molecule has 0 amide bonds. The zero-order valence-electron chi connectivity index (χ0n) is 11.6. The molecule has 1 aromatic heterocycles. The van der Waals surface area contributed by atoms with Gasteiger partial charge in [-0.05, 0) is 19.9 Å². The summed E-state index contributed by atoms with van der Waals surface area (Å²) < 4.78 is 10.6. The number of methoxy groups -OCH3 is 1. The molecule has 0 aliphatic carbocycles. The number of rotatable bonds is 4. The summed E-state index contributed by atoms with van der Waals surface area (Å²) in [6.45, 7) is 3.56. The number of non-ortho nitro benzene ring substituents is 1. The zero-order valence-corrected chi connectivity index (χ0v) is 12.3. The molecule has 2 rings (SSSR count). The molecular weight excluding hydrogens is 298 g/mol. The summed E-state index contributed by atoms with van der Waals surface area (Å²) in [4.78, 5) is 18.5. The molecule has 2 aromatic rings. The van der Waals surface area contributed by atoms with Crippen LogP contribution in [0.5, 0.6) is 17.4 Å². The van der Waals surface area contributed by atoms with E-state index in [9.17, 15) is 10.1 Å². The first-order chi connectivity index (χ1) is 9.92. The number of nitro groups is 1. The number of nitro benzene ring substituents is 1. The van der Waals surface area contributed by atoms with Crippen LogP contribution in [-0.4, -0.2) is 22.0 Å². The lowest BCUT2D eigenvalue weighted by Crippen LogP contribution is -1.99. The minimum absolute atomic E-state index is 0.100. The second kappa shape index (κ2) is 5.92. The van der Waals surface area contributed by atoms with Crippen molar-refractivity contribution in [2.75, 3.05) is 7.11 Å². The first kappa shape index (κ1) is 15.0. The molecule has 0 spiro atoms. The molecule has 0 unspecified atom stereocenters. The molecule has 110 valence electrons. The van der Waals surface area contributed by atoms with Crippen molar-refractivity contribution in [3.05, 3.63) is 44.9 Å². The molecule has 0 saturated heterocycles. The molecular formula is C13H12ClN3O4. The van der Waals surface area contributed by atoms with Crippen LogP contribution in [0.4, 0.5) is 5.69 Å². The number of halogens is 1. The maximum atomic E-state index is 10.7. The van der Waals surface area contributed by atoms with E-state index >= 15 is 0 Å². The lowest BCUT2D eigenvalue weighted by molar-refractivity contribution is -0.384. The summed E-state index contributed by atoms with van der Waals surface area (Å²) in [6.07, 6.45) is 0. The van der Waals surface area contributed by atoms with Gasteiger partial charge in [-0.2, -0.15) is 0 Å². The molecule has 0 atom stereocenters. The van der Waals surface area contributed by atoms with Gasteiger partial charge in [0.25, 0.3) is 11.6 Å². The molecule has 21 heavy (non-hydrogen) atoms. The van der Waals surface area contributed by atoms with E-state index < -0.39 is 4.92 Å². The van der Waals surface area contributed by atoms with Crippen LogP contribution in [0, 0.1) is 24.0 Å². The molecule has 1 aromatic carbocycles. The quantitative estimate of drug-likeness (QED) is 0.635. The van der Waals surface area contributed by atoms with Crippen molar-refractivity contribution in [2.24, 2.45) is 0 Å². The van der Waals surface area contributed by atoms with Gasteiger partial charge in [-0.3, -0.25) is 10.1 Å². The van der Waals surface area contributed by atoms with Gasteiger partial charge in [0.2, 0.25) is 0 Å². The largest absolute Gasteiger partial charge is 0.493 e. The summed E-state index contributed by atoms with van der Waals surface area (Å²) in [5.74, 6) is 0.592. The number of nitrogens with zero attached hydrogens (tertiary/aromatic N) is 3. The molecule has 0 aliphatic rings. The molecule has 0 aliphatic heterocycles. The van der Waals surface area contributed by atoms with Gasteiger partial charge in [-0.15, -0.1) is 0 Å². The van der Waals surface area contributed by atoms with E-state index in [1.54, 1.807) is 13.8 Å². The maximum absolute atomic E-state index is 10.7. The summed E-state index contributed by atoms with van der Waals surface area (Å²) in [6, 6.07) is 3.99. The number of benzene rings is 1. The maximum Gasteiger partial charge on any atom is 0.273 e. The molecule has 0 N–H and O–H groups in total. The average Bonchev–Trinajstić information content (AvgIpc) is 2.44. The van der Waals surface area contributed by atoms with Gasteiger partial charge >= 0.3 is 0 Å². The Labute approximate surface area is 125 Å². The fourth-order valence-corrected chi connectivity index (χ4v) is 1.79. The van der Waals surface area contributed by atoms with Gasteiger partial charge in [-0.25, -0.2) is 9.97 Å². The van der Waals surface area contributed by atoms with Crippen molar-refractivity contribution >= 4 is 17.3 Å². The Hall–Kier alpha value is -2.41. The van der Waals surface area contributed by atoms with E-state index in [1.807, 2.05) is 0 Å². The molecule has 1 heterocycles. The van der Waals surface area contributed by atoms with E-state index in [2.05, 4.69) is 9.97 Å². The molecule has 0 radical (unpaired) electrons. The Kier molecular flexibility index (Phi) is 4.23. The van der Waals surface area contributed by atoms with Crippen molar-refractivity contribution in [1.29, 1.82) is 0 Å². The van der Waals surface area contributed by atoms with Crippen molar-refractivity contribution in [3.8, 4) is 17.4 Å². The second-order valence-electron chi connectivity index (χ2n) is 4.18. The first-order valence-corrected chi connectivity index (χ1v) is 6.31. The molecule has 0 fully saturated rings. The molecule has 0 bridgehead atoms. The number of hydrogen-bond donors (Lipinski definition) is 0. The number of ether oxygens (including phenoxy) is 2. The normalized spacial score (nSPS) is 10.3. The highest BCUT2D eigenvalue weighted by atomic mass is 35.5. The fraction of sp³-hybridized carbons (Fsp3) is 0.231. The van der Waals surface area contributed by atoms with Crippen LogP contribution in [0.25, 0.3) is 0 Å². The van der Waals surface area contributed by atoms with Crippen LogP contribution < -0.4 is 9.47 Å². The Morgan fingerprint density at radius 2 is 1.86 bits per heavy atom. The van der Waals surface area contributed by atoms with E-state index in [-0.39, 0.29) is 28.2 Å². The van der Waals surface area contributed by atoms with Gasteiger partial charge in [0.15, 0.2) is 16.7 Å². The highest BCUT2D eigenvalue weighted by molar-refractivity contribution is 6.30. The minimum atomic E-state index is -0.519. The van der Waals surface area contributed by atoms with Crippen LogP contribution in [0.15, 0.2) is 18.2 Å². The SMILES string of the molecule is COc1cc([N+](=O)[O-])ccc1Oc1nc(C)c(C)nc1Cl. The summed E-state index contributed by atoms with van der Waals surface area (Å²) >= 11 is 5.98. The van der Waals surface area contributed by atoms with E-state index in [4.69, 9.17) is 21.1 Å². The zero-order chi connectivity index (χ0) is 15.6. The van der Waals surface area contributed by atoms with Crippen molar-refractivity contribution in [1.82, 2.24) is 9.97 Å². The average molecular weight is 310 g/mol. The van der Waals surface area contributed by atoms with E-state index in [0.29, 0.717) is 11.4 Å². The third-order valence-electron chi connectivity index (χ3n) is 2.80. The van der Waals surface area contributed by atoms with Crippen LogP contribution in [0.1, 0.15) is 11.4 Å². The van der Waals surface area contributed by atoms with Crippen LogP contribution in [0.2, 0.25) is 5.15 Å². The minimum Gasteiger partial charge on any atom is -0.493 e. The Bertz CT molecular complexity index is 706. The highest BCUT2D eigenvalue weighted by Crippen LogP contribution is 2.35. The van der Waals surface area contributed by atoms with Crippen LogP contribution in [-0.2, 0) is 0 Å². The van der Waals surface area contributed by atoms with Crippen LogP contribution in [0.3, 0.4) is 0 Å². The smallest absolute Gasteiger partial charge is 0.273 e. The number of aromatic nitrogens is 2. The number of aryl methyl sites for hydroxylation is 2. The first-order valence-electron chi connectivity index (χ1n) is 5.93. The Balaban J connectivity index is 2.40. The second-order valence-corrected chi connectivity index (χ2v) is 4.54. The third kappa shape index (κ3) is 3.19. The molecule has 8 heteroatoms. The topological polar surface area (TPSA) is 87.4 Å². The highest BCUT2D eigenvalue weighted by Gasteiger charge is 2.16. The third-order valence-corrected chi connectivity index (χ3v) is 3.05. The monoisotopic (exact) mass is 309 g/mol. The van der Waals surface area contributed by atoms with Crippen molar-refractivity contribution in [3.63, 3.8) is 0 Å². The Morgan fingerprint density at radius 3 is 2.48 bits per heavy atom. The standard InChI is InChI=1S/C13H12ClN3O4/c1-7-8(2)16-13(12(14)15-7)21-10-5-4-9(17(18)19)6-11(10)20-3/h4-6H,1-3H3. The van der Waals surface area contributed by atoms with E-state index in [0.717, 1.165) is 0 Å². The predicted molar refractivity (Wildman–Crippen MR) is 76.2 cm³/mol.